The Labute approximate surface area is 123 Å². The van der Waals surface area contributed by atoms with Crippen LogP contribution in [0, 0.1) is 0 Å². The van der Waals surface area contributed by atoms with E-state index in [4.69, 9.17) is 19.3 Å². The van der Waals surface area contributed by atoms with Crippen molar-refractivity contribution in [2.75, 3.05) is 20.3 Å². The number of nitrogens with two attached hydrogens (primary N) is 1. The van der Waals surface area contributed by atoms with E-state index in [2.05, 4.69) is 0 Å². The fourth-order valence-electron chi connectivity index (χ4n) is 2.03. The molecule has 1 fully saturated rings. The van der Waals surface area contributed by atoms with Crippen LogP contribution in [0.4, 0.5) is 0 Å². The number of sulfonamides is 1. The van der Waals surface area contributed by atoms with Gasteiger partial charge in [0.2, 0.25) is 10.0 Å². The fraction of sp³-hybridized carbons (Fsp3) is 0.462. The van der Waals surface area contributed by atoms with Crippen molar-refractivity contribution in [1.29, 1.82) is 0 Å². The van der Waals surface area contributed by atoms with Crippen molar-refractivity contribution in [3.63, 3.8) is 0 Å². The third kappa shape index (κ3) is 3.93. The Bertz CT molecular complexity index is 622. The molecule has 1 heterocycles. The third-order valence-corrected chi connectivity index (χ3v) is 4.07. The lowest BCUT2D eigenvalue weighted by Crippen LogP contribution is -2.26. The number of ether oxygens (including phenoxy) is 3. The molecule has 21 heavy (non-hydrogen) atoms. The topological polar surface area (TPSA) is 105 Å². The molecule has 2 rings (SSSR count). The van der Waals surface area contributed by atoms with Crippen molar-refractivity contribution in [2.45, 2.75) is 23.8 Å². The summed E-state index contributed by atoms with van der Waals surface area (Å²) in [6, 6.07) is 3.82. The first-order valence-corrected chi connectivity index (χ1v) is 7.96. The van der Waals surface area contributed by atoms with Crippen molar-refractivity contribution in [3.8, 4) is 5.75 Å². The van der Waals surface area contributed by atoms with Gasteiger partial charge in [-0.15, -0.1) is 0 Å². The van der Waals surface area contributed by atoms with Crippen molar-refractivity contribution >= 4 is 16.0 Å². The van der Waals surface area contributed by atoms with Gasteiger partial charge in [-0.25, -0.2) is 18.4 Å². The maximum absolute atomic E-state index is 12.2. The predicted molar refractivity (Wildman–Crippen MR) is 73.6 cm³/mol. The van der Waals surface area contributed by atoms with Crippen LogP contribution in [-0.4, -0.2) is 40.8 Å². The minimum absolute atomic E-state index is 0.0375. The van der Waals surface area contributed by atoms with Gasteiger partial charge in [0.15, 0.2) is 0 Å². The van der Waals surface area contributed by atoms with Gasteiger partial charge < -0.3 is 14.2 Å². The summed E-state index contributed by atoms with van der Waals surface area (Å²) in [5, 5.41) is 5.06. The molecule has 0 bridgehead atoms. The van der Waals surface area contributed by atoms with Crippen molar-refractivity contribution in [2.24, 2.45) is 5.14 Å². The van der Waals surface area contributed by atoms with E-state index in [1.54, 1.807) is 0 Å². The Morgan fingerprint density at radius 3 is 2.57 bits per heavy atom. The van der Waals surface area contributed by atoms with E-state index in [9.17, 15) is 13.2 Å². The summed E-state index contributed by atoms with van der Waals surface area (Å²) in [4.78, 5) is 12.0. The SMILES string of the molecule is COc1ccc(S(N)(=O)=O)cc1C(=O)OC1CCOCC1. The number of primary sulfonamides is 1. The van der Waals surface area contributed by atoms with Crippen LogP contribution in [-0.2, 0) is 19.5 Å². The molecule has 1 aromatic carbocycles. The Morgan fingerprint density at radius 1 is 1.33 bits per heavy atom. The first-order valence-electron chi connectivity index (χ1n) is 6.41. The van der Waals surface area contributed by atoms with Gasteiger partial charge in [0.25, 0.3) is 0 Å². The average Bonchev–Trinajstić information content (AvgIpc) is 2.46. The van der Waals surface area contributed by atoms with Gasteiger partial charge in [-0.1, -0.05) is 0 Å². The van der Waals surface area contributed by atoms with Crippen LogP contribution in [0.15, 0.2) is 23.1 Å². The van der Waals surface area contributed by atoms with Crippen LogP contribution in [0.5, 0.6) is 5.75 Å². The van der Waals surface area contributed by atoms with Crippen molar-refractivity contribution in [1.82, 2.24) is 0 Å². The minimum atomic E-state index is -3.90. The fourth-order valence-corrected chi connectivity index (χ4v) is 2.57. The maximum Gasteiger partial charge on any atom is 0.342 e. The Balaban J connectivity index is 2.25. The van der Waals surface area contributed by atoms with E-state index >= 15 is 0 Å². The van der Waals surface area contributed by atoms with Gasteiger partial charge >= 0.3 is 5.97 Å². The largest absolute Gasteiger partial charge is 0.496 e. The highest BCUT2D eigenvalue weighted by molar-refractivity contribution is 7.89. The summed E-state index contributed by atoms with van der Waals surface area (Å²) in [5.41, 5.74) is 0.0375. The smallest absolute Gasteiger partial charge is 0.342 e. The molecule has 116 valence electrons. The lowest BCUT2D eigenvalue weighted by atomic mass is 10.1. The molecule has 7 nitrogen and oxygen atoms in total. The van der Waals surface area contributed by atoms with E-state index in [1.165, 1.54) is 19.2 Å². The molecule has 0 spiro atoms. The van der Waals surface area contributed by atoms with Gasteiger partial charge in [0.05, 0.1) is 25.2 Å². The molecule has 0 saturated carbocycles. The zero-order chi connectivity index (χ0) is 15.5. The second-order valence-corrected chi connectivity index (χ2v) is 6.19. The normalized spacial score (nSPS) is 16.5. The molecule has 0 atom stereocenters. The molecular weight excluding hydrogens is 298 g/mol. The van der Waals surface area contributed by atoms with Crippen LogP contribution in [0.1, 0.15) is 23.2 Å². The van der Waals surface area contributed by atoms with Crippen LogP contribution in [0.25, 0.3) is 0 Å². The van der Waals surface area contributed by atoms with Crippen molar-refractivity contribution < 1.29 is 27.4 Å². The standard InChI is InChI=1S/C13H17NO6S/c1-18-12-3-2-10(21(14,16)17)8-11(12)13(15)20-9-4-6-19-7-5-9/h2-3,8-9H,4-7H2,1H3,(H2,14,16,17). The molecular formula is C13H17NO6S. The highest BCUT2D eigenvalue weighted by atomic mass is 32.2. The van der Waals surface area contributed by atoms with E-state index in [1.807, 2.05) is 0 Å². The second kappa shape index (κ2) is 6.42. The Kier molecular flexibility index (Phi) is 4.81. The second-order valence-electron chi connectivity index (χ2n) is 4.62. The molecule has 1 saturated heterocycles. The van der Waals surface area contributed by atoms with E-state index in [0.29, 0.717) is 26.1 Å². The summed E-state index contributed by atoms with van der Waals surface area (Å²) in [6.45, 7) is 1.07. The van der Waals surface area contributed by atoms with Crippen LogP contribution in [0.3, 0.4) is 0 Å². The van der Waals surface area contributed by atoms with E-state index in [0.717, 1.165) is 6.07 Å². The molecule has 0 radical (unpaired) electrons. The molecule has 0 aromatic heterocycles. The molecule has 1 aliphatic rings. The van der Waals surface area contributed by atoms with Gasteiger partial charge in [-0.3, -0.25) is 0 Å². The molecule has 1 aromatic rings. The zero-order valence-corrected chi connectivity index (χ0v) is 12.4. The predicted octanol–water partition coefficient (Wildman–Crippen LogP) is 0.678. The summed E-state index contributed by atoms with van der Waals surface area (Å²) < 4.78 is 38.3. The summed E-state index contributed by atoms with van der Waals surface area (Å²) >= 11 is 0. The van der Waals surface area contributed by atoms with E-state index < -0.39 is 16.0 Å². The number of rotatable bonds is 4. The summed E-state index contributed by atoms with van der Waals surface area (Å²) in [5.74, 6) is -0.399. The summed E-state index contributed by atoms with van der Waals surface area (Å²) in [6.07, 6.45) is 0.986. The highest BCUT2D eigenvalue weighted by Crippen LogP contribution is 2.24. The van der Waals surface area contributed by atoms with Crippen molar-refractivity contribution in [3.05, 3.63) is 23.8 Å². The first-order chi connectivity index (χ1) is 9.91. The zero-order valence-electron chi connectivity index (χ0n) is 11.6. The van der Waals surface area contributed by atoms with Gasteiger partial charge in [0.1, 0.15) is 17.4 Å². The lowest BCUT2D eigenvalue weighted by molar-refractivity contribution is -0.0161. The molecule has 0 aliphatic carbocycles. The van der Waals surface area contributed by atoms with Gasteiger partial charge in [-0.2, -0.15) is 0 Å². The first kappa shape index (κ1) is 15.7. The Hall–Kier alpha value is -1.64. The maximum atomic E-state index is 12.2. The molecule has 2 N–H and O–H groups in total. The number of carbonyl (C=O) groups is 1. The quantitative estimate of drug-likeness (QED) is 0.819. The highest BCUT2D eigenvalue weighted by Gasteiger charge is 2.23. The number of hydrogen-bond acceptors (Lipinski definition) is 6. The lowest BCUT2D eigenvalue weighted by Gasteiger charge is -2.22. The molecule has 8 heteroatoms. The average molecular weight is 315 g/mol. The number of carbonyl (C=O) groups excluding carboxylic acids is 1. The number of hydrogen-bond donors (Lipinski definition) is 1. The number of benzene rings is 1. The van der Waals surface area contributed by atoms with E-state index in [-0.39, 0.29) is 22.3 Å². The summed E-state index contributed by atoms with van der Waals surface area (Å²) in [7, 11) is -2.51. The molecule has 1 aliphatic heterocycles. The van der Waals surface area contributed by atoms with Crippen LogP contribution in [0.2, 0.25) is 0 Å². The van der Waals surface area contributed by atoms with Gasteiger partial charge in [0, 0.05) is 12.8 Å². The van der Waals surface area contributed by atoms with Crippen LogP contribution < -0.4 is 9.88 Å². The Morgan fingerprint density at radius 2 is 2.00 bits per heavy atom. The van der Waals surface area contributed by atoms with Gasteiger partial charge in [-0.05, 0) is 18.2 Å². The third-order valence-electron chi connectivity index (χ3n) is 3.16. The minimum Gasteiger partial charge on any atom is -0.496 e. The monoisotopic (exact) mass is 315 g/mol. The molecule has 0 amide bonds. The number of esters is 1. The number of methoxy groups -OCH3 is 1. The van der Waals surface area contributed by atoms with Crippen LogP contribution >= 0.6 is 0 Å². The molecule has 0 unspecified atom stereocenters.